The van der Waals surface area contributed by atoms with Crippen LogP contribution in [0.3, 0.4) is 0 Å². The van der Waals surface area contributed by atoms with E-state index in [-0.39, 0.29) is 22.7 Å². The molecule has 0 amide bonds. The van der Waals surface area contributed by atoms with Gasteiger partial charge in [0.15, 0.2) is 35.9 Å². The molecule has 6 rings (SSSR count). The number of aliphatic hydroxyl groups is 8. The first kappa shape index (κ1) is 39.8. The van der Waals surface area contributed by atoms with E-state index in [4.69, 9.17) is 37.6 Å². The lowest BCUT2D eigenvalue weighted by Gasteiger charge is -2.46. The van der Waals surface area contributed by atoms with Crippen LogP contribution in [-0.4, -0.2) is 162 Å². The zero-order chi connectivity index (χ0) is 39.3. The lowest BCUT2D eigenvalue weighted by molar-refractivity contribution is -0.360. The largest absolute Gasteiger partial charge is 0.508 e. The van der Waals surface area contributed by atoms with Crippen molar-refractivity contribution in [1.29, 1.82) is 0 Å². The summed E-state index contributed by atoms with van der Waals surface area (Å²) >= 11 is 0. The Labute approximate surface area is 305 Å². The minimum atomic E-state index is -2.02. The molecule has 11 N–H and O–H groups in total. The number of aliphatic hydroxyl groups excluding tert-OH is 8. The molecule has 0 saturated carbocycles. The minimum Gasteiger partial charge on any atom is -0.508 e. The highest BCUT2D eigenvalue weighted by atomic mass is 16.8. The number of ether oxygens (including phenoxy) is 7. The van der Waals surface area contributed by atoms with E-state index in [0.29, 0.717) is 0 Å². The van der Waals surface area contributed by atoms with E-state index in [1.165, 1.54) is 38.1 Å². The normalized spacial score (nSPS) is 37.3. The lowest BCUT2D eigenvalue weighted by Crippen LogP contribution is -2.65. The standard InChI is InChI=1S/C34H42O20/c1-10-18(37)23(42)26(45)32(49-10)48-9-16-20(39)25(44)31(54-33-27(46)24(43)19(38)11(2)50-33)34(52-16)53-30-22(41)17-15(8-14(36)29(47-3)21(17)40)51-28(30)12-4-6-13(35)7-5-12/h4-8,10-11,16,18-20,23-27,31-40,42-46H,9H2,1-3H3/t10-,11-,16+,18-,19-,20-,23+,24+,25-,26+,27+,31+,32+,33+,34-/m0/s1. The summed E-state index contributed by atoms with van der Waals surface area (Å²) in [6.07, 6.45) is -24.9. The maximum absolute atomic E-state index is 14.2. The fourth-order valence-corrected chi connectivity index (χ4v) is 6.42. The van der Waals surface area contributed by atoms with Crippen LogP contribution in [0.1, 0.15) is 13.8 Å². The van der Waals surface area contributed by atoms with Gasteiger partial charge in [-0.05, 0) is 38.1 Å². The zero-order valence-corrected chi connectivity index (χ0v) is 28.8. The zero-order valence-electron chi connectivity index (χ0n) is 28.8. The van der Waals surface area contributed by atoms with Gasteiger partial charge in [-0.1, -0.05) is 0 Å². The van der Waals surface area contributed by atoms with Gasteiger partial charge in [0.1, 0.15) is 71.7 Å². The van der Waals surface area contributed by atoms with Crippen molar-refractivity contribution in [2.24, 2.45) is 0 Å². The van der Waals surface area contributed by atoms with Crippen molar-refractivity contribution in [2.45, 2.75) is 106 Å². The Bertz CT molecular complexity index is 1830. The summed E-state index contributed by atoms with van der Waals surface area (Å²) in [6, 6.07) is 6.18. The molecule has 20 nitrogen and oxygen atoms in total. The maximum atomic E-state index is 14.2. The summed E-state index contributed by atoms with van der Waals surface area (Å²) in [4.78, 5) is 14.2. The highest BCUT2D eigenvalue weighted by molar-refractivity contribution is 5.91. The van der Waals surface area contributed by atoms with Crippen LogP contribution < -0.4 is 14.9 Å². The molecule has 0 unspecified atom stereocenters. The summed E-state index contributed by atoms with van der Waals surface area (Å²) in [5.41, 5.74) is -1.30. The second kappa shape index (κ2) is 15.7. The van der Waals surface area contributed by atoms with E-state index < -0.39 is 133 Å². The molecule has 3 aliphatic rings. The quantitative estimate of drug-likeness (QED) is 0.107. The van der Waals surface area contributed by atoms with E-state index >= 15 is 0 Å². The van der Waals surface area contributed by atoms with Crippen LogP contribution in [0.25, 0.3) is 22.3 Å². The molecule has 0 radical (unpaired) electrons. The third-order valence-corrected chi connectivity index (χ3v) is 9.60. The smallest absolute Gasteiger partial charge is 0.239 e. The van der Waals surface area contributed by atoms with E-state index in [0.717, 1.165) is 13.2 Å². The van der Waals surface area contributed by atoms with Crippen molar-refractivity contribution in [3.63, 3.8) is 0 Å². The Morgan fingerprint density at radius 2 is 1.28 bits per heavy atom. The fraction of sp³-hybridized carbons (Fsp3) is 0.559. The predicted octanol–water partition coefficient (Wildman–Crippen LogP) is -2.53. The van der Waals surface area contributed by atoms with Crippen LogP contribution in [0.5, 0.6) is 28.7 Å². The molecule has 20 heteroatoms. The Hall–Kier alpha value is -3.87. The molecule has 298 valence electrons. The van der Waals surface area contributed by atoms with Crippen molar-refractivity contribution in [3.8, 4) is 40.1 Å². The number of benzene rings is 2. The van der Waals surface area contributed by atoms with E-state index in [2.05, 4.69) is 0 Å². The lowest BCUT2D eigenvalue weighted by atomic mass is 9.97. The molecule has 2 aromatic carbocycles. The topological polar surface area (TPSA) is 317 Å². The van der Waals surface area contributed by atoms with Crippen LogP contribution in [0.15, 0.2) is 39.5 Å². The fourth-order valence-electron chi connectivity index (χ4n) is 6.42. The van der Waals surface area contributed by atoms with Gasteiger partial charge in [0.25, 0.3) is 0 Å². The summed E-state index contributed by atoms with van der Waals surface area (Å²) in [5.74, 6) is -3.13. The van der Waals surface area contributed by atoms with Crippen LogP contribution in [0.2, 0.25) is 0 Å². The molecule has 0 bridgehead atoms. The molecule has 4 heterocycles. The number of methoxy groups -OCH3 is 1. The van der Waals surface area contributed by atoms with Gasteiger partial charge in [-0.2, -0.15) is 0 Å². The van der Waals surface area contributed by atoms with E-state index in [1.807, 2.05) is 0 Å². The third kappa shape index (κ3) is 7.29. The highest BCUT2D eigenvalue weighted by Gasteiger charge is 2.52. The van der Waals surface area contributed by atoms with Crippen molar-refractivity contribution < 1.29 is 93.7 Å². The Morgan fingerprint density at radius 1 is 0.685 bits per heavy atom. The van der Waals surface area contributed by atoms with Gasteiger partial charge in [-0.3, -0.25) is 4.79 Å². The summed E-state index contributed by atoms with van der Waals surface area (Å²) < 4.78 is 45.4. The molecule has 54 heavy (non-hydrogen) atoms. The molecule has 3 fully saturated rings. The Kier molecular flexibility index (Phi) is 11.6. The first-order valence-corrected chi connectivity index (χ1v) is 16.8. The minimum absolute atomic E-state index is 0.112. The van der Waals surface area contributed by atoms with Crippen LogP contribution in [-0.2, 0) is 23.7 Å². The van der Waals surface area contributed by atoms with Crippen LogP contribution in [0, 0.1) is 0 Å². The van der Waals surface area contributed by atoms with Gasteiger partial charge in [-0.25, -0.2) is 0 Å². The van der Waals surface area contributed by atoms with Gasteiger partial charge in [-0.15, -0.1) is 0 Å². The van der Waals surface area contributed by atoms with Crippen LogP contribution >= 0.6 is 0 Å². The van der Waals surface area contributed by atoms with Gasteiger partial charge in [0, 0.05) is 11.6 Å². The second-order valence-corrected chi connectivity index (χ2v) is 13.2. The van der Waals surface area contributed by atoms with Gasteiger partial charge < -0.3 is 93.7 Å². The monoisotopic (exact) mass is 770 g/mol. The van der Waals surface area contributed by atoms with Gasteiger partial charge in [0.2, 0.25) is 23.2 Å². The summed E-state index contributed by atoms with van der Waals surface area (Å²) in [7, 11) is 1.12. The Balaban J connectivity index is 1.41. The molecule has 1 aromatic heterocycles. The summed E-state index contributed by atoms with van der Waals surface area (Å²) in [6.45, 7) is 2.09. The highest BCUT2D eigenvalue weighted by Crippen LogP contribution is 2.44. The van der Waals surface area contributed by atoms with Gasteiger partial charge >= 0.3 is 0 Å². The molecule has 3 saturated heterocycles. The molecular formula is C34H42O20. The predicted molar refractivity (Wildman–Crippen MR) is 176 cm³/mol. The number of hydrogen-bond donors (Lipinski definition) is 11. The molecule has 3 aliphatic heterocycles. The second-order valence-electron chi connectivity index (χ2n) is 13.2. The number of phenolic OH excluding ortho intramolecular Hbond substituents is 3. The van der Waals surface area contributed by atoms with Gasteiger partial charge in [0.05, 0.1) is 25.9 Å². The number of aromatic hydroxyl groups is 3. The number of hydrogen-bond acceptors (Lipinski definition) is 20. The number of phenols is 3. The molecule has 0 aliphatic carbocycles. The summed E-state index contributed by atoms with van der Waals surface area (Å²) in [5, 5.41) is 115. The van der Waals surface area contributed by atoms with Crippen LogP contribution in [0.4, 0.5) is 0 Å². The average molecular weight is 771 g/mol. The number of fused-ring (bicyclic) bond motifs is 1. The Morgan fingerprint density at radius 3 is 1.89 bits per heavy atom. The molecule has 0 spiro atoms. The number of rotatable bonds is 9. The van der Waals surface area contributed by atoms with E-state index in [1.54, 1.807) is 0 Å². The van der Waals surface area contributed by atoms with Crippen molar-refractivity contribution in [3.05, 3.63) is 40.6 Å². The van der Waals surface area contributed by atoms with Crippen molar-refractivity contribution in [2.75, 3.05) is 13.7 Å². The molecular weight excluding hydrogens is 728 g/mol. The first-order chi connectivity index (χ1) is 25.5. The SMILES string of the molecule is COc1c(O)cc2oc(-c3ccc(O)cc3)c(O[C@@H]3O[C@H](CO[C@@H]4O[C@@H](C)[C@H](O)[C@@H](O)[C@H]4O)[C@H](O)[C@H](O)[C@H]3O[C@H]3O[C@@H](C)[C@H](O)[C@@H](O)[C@H]3O)c(=O)c2c1O. The molecule has 15 atom stereocenters. The third-order valence-electron chi connectivity index (χ3n) is 9.60. The molecule has 3 aromatic rings. The first-order valence-electron chi connectivity index (χ1n) is 16.8. The average Bonchev–Trinajstić information content (AvgIpc) is 3.14. The van der Waals surface area contributed by atoms with Crippen molar-refractivity contribution >= 4 is 11.0 Å². The van der Waals surface area contributed by atoms with E-state index in [9.17, 15) is 61.0 Å². The van der Waals surface area contributed by atoms with Crippen molar-refractivity contribution in [1.82, 2.24) is 0 Å². The maximum Gasteiger partial charge on any atom is 0.239 e.